The van der Waals surface area contributed by atoms with Gasteiger partial charge >= 0.3 is 0 Å². The van der Waals surface area contributed by atoms with Gasteiger partial charge in [-0.25, -0.2) is 0 Å². The molecule has 11 heavy (non-hydrogen) atoms. The van der Waals surface area contributed by atoms with E-state index >= 15 is 0 Å². The second-order valence-electron chi connectivity index (χ2n) is 2.86. The van der Waals surface area contributed by atoms with Gasteiger partial charge in [-0.05, 0) is 25.8 Å². The lowest BCUT2D eigenvalue weighted by Gasteiger charge is -2.07. The van der Waals surface area contributed by atoms with Crippen LogP contribution in [0.3, 0.4) is 0 Å². The molecule has 0 bridgehead atoms. The zero-order valence-corrected chi connectivity index (χ0v) is 7.64. The molecule has 0 heterocycles. The highest BCUT2D eigenvalue weighted by Gasteiger charge is 1.96. The number of rotatable bonds is 6. The van der Waals surface area contributed by atoms with E-state index in [4.69, 9.17) is 0 Å². The van der Waals surface area contributed by atoms with E-state index in [1.807, 2.05) is 6.08 Å². The van der Waals surface area contributed by atoms with Crippen molar-refractivity contribution in [2.75, 3.05) is 13.1 Å². The lowest BCUT2D eigenvalue weighted by atomic mass is 10.1. The predicted molar refractivity (Wildman–Crippen MR) is 51.7 cm³/mol. The first kappa shape index (κ1) is 10.4. The molecule has 0 aliphatic carbocycles. The minimum Gasteiger partial charge on any atom is -0.313 e. The van der Waals surface area contributed by atoms with Gasteiger partial charge < -0.3 is 5.32 Å². The summed E-state index contributed by atoms with van der Waals surface area (Å²) >= 11 is 0. The molecular formula is C10H19N. The highest BCUT2D eigenvalue weighted by atomic mass is 14.8. The zero-order valence-electron chi connectivity index (χ0n) is 7.64. The standard InChI is InChI=1S/C10H19N/c1-4-6-7-10(3)9-11-8-5-2/h4-6,10-11H,2,7-9H2,1,3H3. The van der Waals surface area contributed by atoms with Crippen molar-refractivity contribution in [3.63, 3.8) is 0 Å². The van der Waals surface area contributed by atoms with Crippen LogP contribution in [0.15, 0.2) is 24.8 Å². The van der Waals surface area contributed by atoms with Crippen LogP contribution in [0.2, 0.25) is 0 Å². The highest BCUT2D eigenvalue weighted by Crippen LogP contribution is 2.00. The molecule has 0 rings (SSSR count). The Labute approximate surface area is 70.2 Å². The first-order chi connectivity index (χ1) is 5.31. The van der Waals surface area contributed by atoms with Crippen molar-refractivity contribution in [2.45, 2.75) is 20.3 Å². The Kier molecular flexibility index (Phi) is 7.16. The Bertz CT molecular complexity index is 116. The van der Waals surface area contributed by atoms with Gasteiger partial charge in [-0.2, -0.15) is 0 Å². The van der Waals surface area contributed by atoms with E-state index in [1.54, 1.807) is 0 Å². The van der Waals surface area contributed by atoms with Crippen molar-refractivity contribution in [1.82, 2.24) is 5.32 Å². The monoisotopic (exact) mass is 153 g/mol. The summed E-state index contributed by atoms with van der Waals surface area (Å²) in [6.45, 7) is 9.95. The van der Waals surface area contributed by atoms with Gasteiger partial charge in [0.1, 0.15) is 0 Å². The first-order valence-electron chi connectivity index (χ1n) is 4.24. The van der Waals surface area contributed by atoms with Crippen LogP contribution in [-0.4, -0.2) is 13.1 Å². The summed E-state index contributed by atoms with van der Waals surface area (Å²) in [4.78, 5) is 0. The van der Waals surface area contributed by atoms with Crippen molar-refractivity contribution < 1.29 is 0 Å². The average Bonchev–Trinajstić information content (AvgIpc) is 2.01. The van der Waals surface area contributed by atoms with Gasteiger partial charge in [0, 0.05) is 6.54 Å². The molecule has 64 valence electrons. The van der Waals surface area contributed by atoms with Gasteiger partial charge in [0.2, 0.25) is 0 Å². The van der Waals surface area contributed by atoms with Crippen molar-refractivity contribution in [2.24, 2.45) is 5.92 Å². The largest absolute Gasteiger partial charge is 0.313 e. The van der Waals surface area contributed by atoms with Crippen LogP contribution in [-0.2, 0) is 0 Å². The molecule has 0 aromatic rings. The predicted octanol–water partition coefficient (Wildman–Crippen LogP) is 2.36. The van der Waals surface area contributed by atoms with Crippen molar-refractivity contribution in [3.05, 3.63) is 24.8 Å². The Hall–Kier alpha value is -0.560. The van der Waals surface area contributed by atoms with Gasteiger partial charge in [-0.1, -0.05) is 25.2 Å². The lowest BCUT2D eigenvalue weighted by Crippen LogP contribution is -2.20. The summed E-state index contributed by atoms with van der Waals surface area (Å²) in [6, 6.07) is 0. The van der Waals surface area contributed by atoms with Gasteiger partial charge in [0.15, 0.2) is 0 Å². The van der Waals surface area contributed by atoms with E-state index in [-0.39, 0.29) is 0 Å². The molecule has 1 unspecified atom stereocenters. The molecule has 0 saturated carbocycles. The van der Waals surface area contributed by atoms with Crippen molar-refractivity contribution in [1.29, 1.82) is 0 Å². The second kappa shape index (κ2) is 7.55. The molecule has 0 radical (unpaired) electrons. The molecule has 1 atom stereocenters. The van der Waals surface area contributed by atoms with Gasteiger partial charge in [0.25, 0.3) is 0 Å². The fourth-order valence-corrected chi connectivity index (χ4v) is 0.884. The average molecular weight is 153 g/mol. The minimum absolute atomic E-state index is 0.728. The quantitative estimate of drug-likeness (QED) is 0.456. The van der Waals surface area contributed by atoms with E-state index in [1.165, 1.54) is 6.42 Å². The molecule has 0 aromatic heterocycles. The van der Waals surface area contributed by atoms with Gasteiger partial charge in [-0.15, -0.1) is 6.58 Å². The topological polar surface area (TPSA) is 12.0 Å². The van der Waals surface area contributed by atoms with Gasteiger partial charge in [0.05, 0.1) is 0 Å². The van der Waals surface area contributed by atoms with E-state index < -0.39 is 0 Å². The highest BCUT2D eigenvalue weighted by molar-refractivity contribution is 4.80. The molecule has 0 fully saturated rings. The fraction of sp³-hybridized carbons (Fsp3) is 0.600. The van der Waals surface area contributed by atoms with Crippen LogP contribution in [0.25, 0.3) is 0 Å². The third-order valence-corrected chi connectivity index (χ3v) is 1.56. The normalized spacial score (nSPS) is 13.6. The molecule has 0 spiro atoms. The Morgan fingerprint density at radius 3 is 2.82 bits per heavy atom. The third kappa shape index (κ3) is 7.34. The summed E-state index contributed by atoms with van der Waals surface area (Å²) < 4.78 is 0. The summed E-state index contributed by atoms with van der Waals surface area (Å²) in [7, 11) is 0. The molecule has 1 heteroatoms. The third-order valence-electron chi connectivity index (χ3n) is 1.56. The summed E-state index contributed by atoms with van der Waals surface area (Å²) in [5.41, 5.74) is 0. The molecule has 0 aliphatic rings. The maximum absolute atomic E-state index is 3.64. The first-order valence-corrected chi connectivity index (χ1v) is 4.24. The van der Waals surface area contributed by atoms with E-state index in [0.29, 0.717) is 0 Å². The SMILES string of the molecule is C=CCNCC(C)CC=CC. The van der Waals surface area contributed by atoms with Crippen LogP contribution in [0.4, 0.5) is 0 Å². The van der Waals surface area contributed by atoms with E-state index in [2.05, 4.69) is 37.9 Å². The molecule has 1 nitrogen and oxygen atoms in total. The zero-order chi connectivity index (χ0) is 8.53. The van der Waals surface area contributed by atoms with Crippen molar-refractivity contribution in [3.8, 4) is 0 Å². The Morgan fingerprint density at radius 1 is 1.55 bits per heavy atom. The molecule has 1 N–H and O–H groups in total. The van der Waals surface area contributed by atoms with Crippen molar-refractivity contribution >= 4 is 0 Å². The van der Waals surface area contributed by atoms with Crippen LogP contribution < -0.4 is 5.32 Å². The molecule has 0 aromatic carbocycles. The Morgan fingerprint density at radius 2 is 2.27 bits per heavy atom. The maximum Gasteiger partial charge on any atom is 0.0132 e. The summed E-state index contributed by atoms with van der Waals surface area (Å²) in [5.74, 6) is 0.728. The summed E-state index contributed by atoms with van der Waals surface area (Å²) in [6.07, 6.45) is 7.37. The van der Waals surface area contributed by atoms with E-state index in [0.717, 1.165) is 19.0 Å². The number of nitrogens with one attached hydrogen (secondary N) is 1. The smallest absolute Gasteiger partial charge is 0.0132 e. The van der Waals surface area contributed by atoms with Crippen LogP contribution >= 0.6 is 0 Å². The molecule has 0 amide bonds. The molecule has 0 saturated heterocycles. The van der Waals surface area contributed by atoms with Crippen LogP contribution in [0, 0.1) is 5.92 Å². The van der Waals surface area contributed by atoms with Crippen LogP contribution in [0.1, 0.15) is 20.3 Å². The number of hydrogen-bond acceptors (Lipinski definition) is 1. The van der Waals surface area contributed by atoms with E-state index in [9.17, 15) is 0 Å². The second-order valence-corrected chi connectivity index (χ2v) is 2.86. The summed E-state index contributed by atoms with van der Waals surface area (Å²) in [5, 5.41) is 3.29. The minimum atomic E-state index is 0.728. The van der Waals surface area contributed by atoms with Gasteiger partial charge in [-0.3, -0.25) is 0 Å². The molecule has 0 aliphatic heterocycles. The number of hydrogen-bond donors (Lipinski definition) is 1. The lowest BCUT2D eigenvalue weighted by molar-refractivity contribution is 0.537. The van der Waals surface area contributed by atoms with Crippen LogP contribution in [0.5, 0.6) is 0 Å². The fourth-order valence-electron chi connectivity index (χ4n) is 0.884. The number of allylic oxidation sites excluding steroid dienone is 2. The Balaban J connectivity index is 3.21. The molecular weight excluding hydrogens is 134 g/mol. The maximum atomic E-state index is 3.64.